The van der Waals surface area contributed by atoms with Gasteiger partial charge in [-0.2, -0.15) is 0 Å². The first kappa shape index (κ1) is 20.1. The zero-order valence-electron chi connectivity index (χ0n) is 16.1. The lowest BCUT2D eigenvalue weighted by Crippen LogP contribution is -2.30. The zero-order chi connectivity index (χ0) is 20.5. The van der Waals surface area contributed by atoms with Gasteiger partial charge >= 0.3 is 5.97 Å². The number of carbonyl (C=O) groups is 2. The van der Waals surface area contributed by atoms with E-state index in [9.17, 15) is 9.59 Å². The predicted molar refractivity (Wildman–Crippen MR) is 111 cm³/mol. The van der Waals surface area contributed by atoms with Gasteiger partial charge in [0.25, 0.3) is 5.91 Å². The second-order valence-electron chi connectivity index (χ2n) is 6.28. The van der Waals surface area contributed by atoms with Gasteiger partial charge in [0.1, 0.15) is 5.75 Å². The van der Waals surface area contributed by atoms with E-state index >= 15 is 0 Å². The maximum atomic E-state index is 11.9. The number of benzene rings is 2. The summed E-state index contributed by atoms with van der Waals surface area (Å²) in [6.45, 7) is 0.0944. The number of ether oxygens (including phenoxy) is 2. The SMILES string of the molecule is COc1ccccc1CCNC(=O)COC(=O)/C=C\c1cccc2cccnc12. The molecule has 0 atom stereocenters. The summed E-state index contributed by atoms with van der Waals surface area (Å²) in [5.41, 5.74) is 2.60. The molecule has 0 aliphatic heterocycles. The van der Waals surface area contributed by atoms with Gasteiger partial charge < -0.3 is 14.8 Å². The van der Waals surface area contributed by atoms with Crippen molar-refractivity contribution < 1.29 is 19.1 Å². The van der Waals surface area contributed by atoms with Crippen LogP contribution in [0.1, 0.15) is 11.1 Å². The minimum atomic E-state index is -0.585. The maximum Gasteiger partial charge on any atom is 0.331 e. The molecule has 3 aromatic rings. The van der Waals surface area contributed by atoms with Crippen LogP contribution in [-0.2, 0) is 20.7 Å². The molecule has 0 aliphatic carbocycles. The van der Waals surface area contributed by atoms with Gasteiger partial charge in [0, 0.05) is 29.8 Å². The topological polar surface area (TPSA) is 77.5 Å². The van der Waals surface area contributed by atoms with Crippen LogP contribution in [0.5, 0.6) is 5.75 Å². The van der Waals surface area contributed by atoms with Crippen molar-refractivity contribution in [2.24, 2.45) is 0 Å². The molecule has 0 saturated carbocycles. The number of hydrogen-bond acceptors (Lipinski definition) is 5. The first-order chi connectivity index (χ1) is 14.2. The number of nitrogens with zero attached hydrogens (tertiary/aromatic N) is 1. The lowest BCUT2D eigenvalue weighted by molar-refractivity contribution is -0.143. The summed E-state index contributed by atoms with van der Waals surface area (Å²) >= 11 is 0. The van der Waals surface area contributed by atoms with Gasteiger partial charge in [-0.25, -0.2) is 4.79 Å². The molecule has 2 aromatic carbocycles. The zero-order valence-corrected chi connectivity index (χ0v) is 16.1. The fraction of sp³-hybridized carbons (Fsp3) is 0.174. The molecule has 6 nitrogen and oxygen atoms in total. The van der Waals surface area contributed by atoms with E-state index in [0.717, 1.165) is 27.8 Å². The Kier molecular flexibility index (Phi) is 6.95. The van der Waals surface area contributed by atoms with Crippen LogP contribution in [0, 0.1) is 0 Å². The molecule has 29 heavy (non-hydrogen) atoms. The Bertz CT molecular complexity index is 1020. The van der Waals surface area contributed by atoms with E-state index < -0.39 is 5.97 Å². The van der Waals surface area contributed by atoms with Crippen molar-refractivity contribution in [1.82, 2.24) is 10.3 Å². The van der Waals surface area contributed by atoms with Crippen molar-refractivity contribution in [2.75, 3.05) is 20.3 Å². The maximum absolute atomic E-state index is 11.9. The molecule has 0 saturated heterocycles. The summed E-state index contributed by atoms with van der Waals surface area (Å²) < 4.78 is 10.3. The van der Waals surface area contributed by atoms with E-state index in [0.29, 0.717) is 13.0 Å². The summed E-state index contributed by atoms with van der Waals surface area (Å²) in [5, 5.41) is 3.71. The normalized spacial score (nSPS) is 10.8. The number of carbonyl (C=O) groups excluding carboxylic acids is 2. The standard InChI is InChI=1S/C23H22N2O4/c1-28-20-10-3-2-6-17(20)13-15-24-21(26)16-29-22(27)12-11-19-8-4-7-18-9-5-14-25-23(18)19/h2-12,14H,13,15-16H2,1H3,(H,24,26)/b12-11-. The van der Waals surface area contributed by atoms with Crippen molar-refractivity contribution >= 4 is 28.9 Å². The molecule has 0 spiro atoms. The lowest BCUT2D eigenvalue weighted by atomic mass is 10.1. The molecule has 1 N–H and O–H groups in total. The minimum Gasteiger partial charge on any atom is -0.496 e. The van der Waals surface area contributed by atoms with Crippen LogP contribution in [0.25, 0.3) is 17.0 Å². The smallest absolute Gasteiger partial charge is 0.331 e. The van der Waals surface area contributed by atoms with Crippen molar-refractivity contribution in [3.63, 3.8) is 0 Å². The second-order valence-corrected chi connectivity index (χ2v) is 6.28. The molecule has 148 valence electrons. The molecule has 3 rings (SSSR count). The number of rotatable bonds is 8. The van der Waals surface area contributed by atoms with E-state index in [2.05, 4.69) is 10.3 Å². The van der Waals surface area contributed by atoms with Gasteiger partial charge in [0.15, 0.2) is 6.61 Å². The summed E-state index contributed by atoms with van der Waals surface area (Å²) in [5.74, 6) is -0.160. The third-order valence-electron chi connectivity index (χ3n) is 4.32. The van der Waals surface area contributed by atoms with Gasteiger partial charge in [0.2, 0.25) is 0 Å². The average molecular weight is 390 g/mol. The first-order valence-electron chi connectivity index (χ1n) is 9.24. The van der Waals surface area contributed by atoms with E-state index in [1.165, 1.54) is 6.08 Å². The number of fused-ring (bicyclic) bond motifs is 1. The lowest BCUT2D eigenvalue weighted by Gasteiger charge is -2.09. The van der Waals surface area contributed by atoms with Crippen LogP contribution in [0.15, 0.2) is 66.9 Å². The quantitative estimate of drug-likeness (QED) is 0.472. The Balaban J connectivity index is 1.45. The van der Waals surface area contributed by atoms with Gasteiger partial charge in [-0.3, -0.25) is 9.78 Å². The van der Waals surface area contributed by atoms with Gasteiger partial charge in [0.05, 0.1) is 12.6 Å². The highest BCUT2D eigenvalue weighted by atomic mass is 16.5. The molecule has 1 amide bonds. The Labute approximate surface area is 169 Å². The monoisotopic (exact) mass is 390 g/mol. The Morgan fingerprint density at radius 2 is 1.90 bits per heavy atom. The molecular formula is C23H22N2O4. The molecule has 0 aliphatic rings. The average Bonchev–Trinajstić information content (AvgIpc) is 2.76. The van der Waals surface area contributed by atoms with E-state index in [1.54, 1.807) is 19.4 Å². The summed E-state index contributed by atoms with van der Waals surface area (Å²) in [6.07, 6.45) is 5.26. The molecule has 1 heterocycles. The van der Waals surface area contributed by atoms with Gasteiger partial charge in [-0.15, -0.1) is 0 Å². The van der Waals surface area contributed by atoms with Gasteiger partial charge in [-0.05, 0) is 30.2 Å². The molecular weight excluding hydrogens is 368 g/mol. The van der Waals surface area contributed by atoms with Crippen LogP contribution in [-0.4, -0.2) is 37.1 Å². The molecule has 0 bridgehead atoms. The number of aromatic nitrogens is 1. The summed E-state index contributed by atoms with van der Waals surface area (Å²) in [6, 6.07) is 17.1. The highest BCUT2D eigenvalue weighted by Gasteiger charge is 2.07. The van der Waals surface area contributed by atoms with Crippen LogP contribution >= 0.6 is 0 Å². The van der Waals surface area contributed by atoms with Crippen molar-refractivity contribution in [2.45, 2.75) is 6.42 Å². The third kappa shape index (κ3) is 5.65. The van der Waals surface area contributed by atoms with E-state index in [1.807, 2.05) is 54.6 Å². The second kappa shape index (κ2) is 10.0. The van der Waals surface area contributed by atoms with Crippen LogP contribution in [0.2, 0.25) is 0 Å². The minimum absolute atomic E-state index is 0.330. The number of esters is 1. The van der Waals surface area contributed by atoms with Crippen molar-refractivity contribution in [3.05, 3.63) is 78.0 Å². The van der Waals surface area contributed by atoms with E-state index in [4.69, 9.17) is 9.47 Å². The number of pyridine rings is 1. The van der Waals surface area contributed by atoms with Crippen molar-refractivity contribution in [3.8, 4) is 5.75 Å². The Morgan fingerprint density at radius 1 is 1.07 bits per heavy atom. The molecule has 0 unspecified atom stereocenters. The van der Waals surface area contributed by atoms with Crippen molar-refractivity contribution in [1.29, 1.82) is 0 Å². The number of amides is 1. The summed E-state index contributed by atoms with van der Waals surface area (Å²) in [7, 11) is 1.61. The highest BCUT2D eigenvalue weighted by Crippen LogP contribution is 2.18. The largest absolute Gasteiger partial charge is 0.496 e. The van der Waals surface area contributed by atoms with Crippen LogP contribution in [0.3, 0.4) is 0 Å². The molecule has 0 fully saturated rings. The number of hydrogen-bond donors (Lipinski definition) is 1. The number of nitrogens with one attached hydrogen (secondary N) is 1. The molecule has 6 heteroatoms. The predicted octanol–water partition coefficient (Wildman–Crippen LogP) is 3.16. The Hall–Kier alpha value is -3.67. The van der Waals surface area contributed by atoms with Gasteiger partial charge in [-0.1, -0.05) is 42.5 Å². The van der Waals surface area contributed by atoms with E-state index in [-0.39, 0.29) is 12.5 Å². The summed E-state index contributed by atoms with van der Waals surface area (Å²) in [4.78, 5) is 28.1. The number of methoxy groups -OCH3 is 1. The number of para-hydroxylation sites is 2. The highest BCUT2D eigenvalue weighted by molar-refractivity contribution is 5.93. The Morgan fingerprint density at radius 3 is 2.76 bits per heavy atom. The van der Waals surface area contributed by atoms with Crippen LogP contribution < -0.4 is 10.1 Å². The molecule has 0 radical (unpaired) electrons. The van der Waals surface area contributed by atoms with Crippen LogP contribution in [0.4, 0.5) is 0 Å². The fourth-order valence-electron chi connectivity index (χ4n) is 2.90. The third-order valence-corrected chi connectivity index (χ3v) is 4.32. The fourth-order valence-corrected chi connectivity index (χ4v) is 2.90. The first-order valence-corrected chi connectivity index (χ1v) is 9.24. The molecule has 1 aromatic heterocycles.